The van der Waals surface area contributed by atoms with Crippen LogP contribution in [0.5, 0.6) is 5.75 Å². The Labute approximate surface area is 194 Å². The van der Waals surface area contributed by atoms with Gasteiger partial charge in [0.2, 0.25) is 0 Å². The summed E-state index contributed by atoms with van der Waals surface area (Å²) in [4.78, 5) is 31.4. The lowest BCUT2D eigenvalue weighted by atomic mass is 10.2. The van der Waals surface area contributed by atoms with Gasteiger partial charge in [0.1, 0.15) is 5.52 Å². The summed E-state index contributed by atoms with van der Waals surface area (Å²) in [7, 11) is 0. The minimum Gasteiger partial charge on any atom is -0.480 e. The predicted octanol–water partition coefficient (Wildman–Crippen LogP) is 4.49. The fourth-order valence-corrected chi connectivity index (χ4v) is 4.22. The molecule has 0 atom stereocenters. The van der Waals surface area contributed by atoms with Crippen molar-refractivity contribution in [2.24, 2.45) is 0 Å². The lowest BCUT2D eigenvalue weighted by Gasteiger charge is -2.36. The number of carbonyl (C=O) groups excluding carboxylic acids is 1. The number of nitrogens with zero attached hydrogens (tertiary/aromatic N) is 4. The molecule has 8 nitrogen and oxygen atoms in total. The number of amides is 1. The van der Waals surface area contributed by atoms with E-state index in [0.29, 0.717) is 52.9 Å². The summed E-state index contributed by atoms with van der Waals surface area (Å²) >= 11 is 12.6. The van der Waals surface area contributed by atoms with Crippen LogP contribution in [0.2, 0.25) is 10.0 Å². The van der Waals surface area contributed by atoms with Gasteiger partial charge in [-0.1, -0.05) is 23.2 Å². The van der Waals surface area contributed by atoms with Crippen molar-refractivity contribution in [2.45, 2.75) is 6.92 Å². The number of carbonyl (C=O) groups is 1. The highest BCUT2D eigenvalue weighted by Crippen LogP contribution is 2.37. The third kappa shape index (κ3) is 4.56. The normalized spacial score (nSPS) is 14.0. The second kappa shape index (κ2) is 9.18. The van der Waals surface area contributed by atoms with Gasteiger partial charge in [0.15, 0.2) is 12.4 Å². The first-order valence-corrected chi connectivity index (χ1v) is 10.7. The van der Waals surface area contributed by atoms with Gasteiger partial charge in [0.25, 0.3) is 11.6 Å². The molecule has 1 aliphatic heterocycles. The topological polar surface area (TPSA) is 88.8 Å². The number of pyridine rings is 1. The zero-order valence-electron chi connectivity index (χ0n) is 17.3. The molecule has 0 spiro atoms. The van der Waals surface area contributed by atoms with Crippen molar-refractivity contribution in [2.75, 3.05) is 37.7 Å². The van der Waals surface area contributed by atoms with E-state index in [9.17, 15) is 14.9 Å². The summed E-state index contributed by atoms with van der Waals surface area (Å²) in [6.07, 6.45) is 0. The molecule has 10 heteroatoms. The highest BCUT2D eigenvalue weighted by molar-refractivity contribution is 6.39. The Morgan fingerprint density at radius 3 is 2.44 bits per heavy atom. The number of hydrogen-bond donors (Lipinski definition) is 0. The number of ether oxygens (including phenoxy) is 1. The van der Waals surface area contributed by atoms with Crippen molar-refractivity contribution in [1.29, 1.82) is 0 Å². The molecule has 1 amide bonds. The number of rotatable bonds is 5. The zero-order valence-corrected chi connectivity index (χ0v) is 18.8. The van der Waals surface area contributed by atoms with Crippen molar-refractivity contribution >= 4 is 51.4 Å². The number of anilines is 1. The third-order valence-corrected chi connectivity index (χ3v) is 5.97. The van der Waals surface area contributed by atoms with Crippen LogP contribution >= 0.6 is 23.2 Å². The number of halogens is 2. The first-order chi connectivity index (χ1) is 15.3. The standard InChI is InChI=1S/C22H20Cl2N4O4/c1-14-2-7-17-18(23)12-19(24)22(21(17)25-14)32-13-20(29)27-10-8-26(9-11-27)15-3-5-16(6-4-15)28(30)31/h2-7,12H,8-11,13H2,1H3. The first kappa shape index (κ1) is 22.1. The largest absolute Gasteiger partial charge is 0.480 e. The number of fused-ring (bicyclic) bond motifs is 1. The maximum atomic E-state index is 12.7. The predicted molar refractivity (Wildman–Crippen MR) is 124 cm³/mol. The highest BCUT2D eigenvalue weighted by atomic mass is 35.5. The Kier molecular flexibility index (Phi) is 6.34. The molecule has 2 heterocycles. The number of aromatic nitrogens is 1. The van der Waals surface area contributed by atoms with E-state index in [1.807, 2.05) is 19.1 Å². The molecule has 32 heavy (non-hydrogen) atoms. The van der Waals surface area contributed by atoms with E-state index < -0.39 is 4.92 Å². The van der Waals surface area contributed by atoms with Crippen LogP contribution in [0.25, 0.3) is 10.9 Å². The van der Waals surface area contributed by atoms with Crippen molar-refractivity contribution in [3.8, 4) is 5.75 Å². The molecule has 166 valence electrons. The average molecular weight is 475 g/mol. The van der Waals surface area contributed by atoms with Crippen LogP contribution in [-0.2, 0) is 4.79 Å². The van der Waals surface area contributed by atoms with Crippen LogP contribution in [-0.4, -0.2) is 53.5 Å². The molecule has 0 aliphatic carbocycles. The molecule has 0 bridgehead atoms. The molecule has 1 fully saturated rings. The van der Waals surface area contributed by atoms with Gasteiger partial charge in [-0.15, -0.1) is 0 Å². The van der Waals surface area contributed by atoms with Crippen LogP contribution in [0.4, 0.5) is 11.4 Å². The minimum absolute atomic E-state index is 0.0535. The Morgan fingerprint density at radius 2 is 1.78 bits per heavy atom. The maximum absolute atomic E-state index is 12.7. The van der Waals surface area contributed by atoms with Crippen molar-refractivity contribution in [3.63, 3.8) is 0 Å². The van der Waals surface area contributed by atoms with Crippen LogP contribution in [0, 0.1) is 17.0 Å². The van der Waals surface area contributed by atoms with E-state index in [1.54, 1.807) is 23.1 Å². The van der Waals surface area contributed by atoms with E-state index in [-0.39, 0.29) is 18.2 Å². The number of hydrogen-bond acceptors (Lipinski definition) is 6. The fraction of sp³-hybridized carbons (Fsp3) is 0.273. The van der Waals surface area contributed by atoms with Crippen LogP contribution in [0.15, 0.2) is 42.5 Å². The molecule has 1 aromatic heterocycles. The Balaban J connectivity index is 1.39. The van der Waals surface area contributed by atoms with Gasteiger partial charge >= 0.3 is 0 Å². The van der Waals surface area contributed by atoms with E-state index in [2.05, 4.69) is 9.88 Å². The molecule has 1 aliphatic rings. The number of nitro benzene ring substituents is 1. The van der Waals surface area contributed by atoms with Crippen molar-refractivity contribution in [1.82, 2.24) is 9.88 Å². The maximum Gasteiger partial charge on any atom is 0.269 e. The number of non-ortho nitro benzene ring substituents is 1. The first-order valence-electron chi connectivity index (χ1n) is 9.99. The number of benzene rings is 2. The molecule has 0 N–H and O–H groups in total. The Bertz CT molecular complexity index is 1180. The van der Waals surface area contributed by atoms with Gasteiger partial charge in [-0.25, -0.2) is 4.98 Å². The smallest absolute Gasteiger partial charge is 0.269 e. The fourth-order valence-electron chi connectivity index (χ4n) is 3.65. The van der Waals surface area contributed by atoms with Gasteiger partial charge in [0.05, 0.1) is 15.0 Å². The zero-order chi connectivity index (χ0) is 22.8. The quantitative estimate of drug-likeness (QED) is 0.399. The van der Waals surface area contributed by atoms with Gasteiger partial charge in [-0.05, 0) is 37.3 Å². The molecule has 0 unspecified atom stereocenters. The van der Waals surface area contributed by atoms with Gasteiger partial charge < -0.3 is 14.5 Å². The summed E-state index contributed by atoms with van der Waals surface area (Å²) in [5.74, 6) is 0.188. The van der Waals surface area contributed by atoms with E-state index in [0.717, 1.165) is 11.4 Å². The molecule has 1 saturated heterocycles. The molecular formula is C22H20Cl2N4O4. The molecule has 2 aromatic carbocycles. The monoisotopic (exact) mass is 474 g/mol. The van der Waals surface area contributed by atoms with Gasteiger partial charge in [-0.2, -0.15) is 0 Å². The van der Waals surface area contributed by atoms with Crippen molar-refractivity contribution in [3.05, 3.63) is 68.3 Å². The van der Waals surface area contributed by atoms with Gasteiger partial charge in [0, 0.05) is 55.1 Å². The van der Waals surface area contributed by atoms with E-state index in [4.69, 9.17) is 27.9 Å². The third-order valence-electron chi connectivity index (χ3n) is 5.38. The van der Waals surface area contributed by atoms with E-state index >= 15 is 0 Å². The summed E-state index contributed by atoms with van der Waals surface area (Å²) in [6.45, 7) is 3.97. The SMILES string of the molecule is Cc1ccc2c(Cl)cc(Cl)c(OCC(=O)N3CCN(c4ccc([N+](=O)[O-])cc4)CC3)c2n1. The van der Waals surface area contributed by atoms with Crippen LogP contribution < -0.4 is 9.64 Å². The van der Waals surface area contributed by atoms with Gasteiger partial charge in [-0.3, -0.25) is 14.9 Å². The molecule has 4 rings (SSSR count). The summed E-state index contributed by atoms with van der Waals surface area (Å²) in [5.41, 5.74) is 2.25. The Morgan fingerprint density at radius 1 is 1.09 bits per heavy atom. The lowest BCUT2D eigenvalue weighted by Crippen LogP contribution is -2.50. The minimum atomic E-state index is -0.423. The second-order valence-electron chi connectivity index (χ2n) is 7.45. The summed E-state index contributed by atoms with van der Waals surface area (Å²) < 4.78 is 5.80. The number of aryl methyl sites for hydroxylation is 1. The molecule has 0 saturated carbocycles. The van der Waals surface area contributed by atoms with E-state index in [1.165, 1.54) is 12.1 Å². The second-order valence-corrected chi connectivity index (χ2v) is 8.26. The van der Waals surface area contributed by atoms with Crippen molar-refractivity contribution < 1.29 is 14.5 Å². The number of nitro groups is 1. The average Bonchev–Trinajstić information content (AvgIpc) is 2.78. The molecule has 3 aromatic rings. The Hall–Kier alpha value is -3.10. The molecule has 0 radical (unpaired) electrons. The summed E-state index contributed by atoms with van der Waals surface area (Å²) in [5, 5.41) is 12.3. The highest BCUT2D eigenvalue weighted by Gasteiger charge is 2.23. The summed E-state index contributed by atoms with van der Waals surface area (Å²) in [6, 6.07) is 11.7. The lowest BCUT2D eigenvalue weighted by molar-refractivity contribution is -0.384. The van der Waals surface area contributed by atoms with Crippen LogP contribution in [0.3, 0.4) is 0 Å². The molecular weight excluding hydrogens is 455 g/mol. The van der Waals surface area contributed by atoms with Crippen LogP contribution in [0.1, 0.15) is 5.69 Å². The number of piperazine rings is 1.